The van der Waals surface area contributed by atoms with Crippen LogP contribution in [0, 0.1) is 0 Å². The molecule has 0 atom stereocenters. The molecule has 0 N–H and O–H groups in total. The van der Waals surface area contributed by atoms with Crippen molar-refractivity contribution in [1.82, 2.24) is 0 Å². The van der Waals surface area contributed by atoms with Gasteiger partial charge in [0.2, 0.25) is 0 Å². The molecule has 82 valence electrons. The van der Waals surface area contributed by atoms with Crippen LogP contribution >= 0.6 is 0 Å². The lowest BCUT2D eigenvalue weighted by molar-refractivity contribution is 0.179. The lowest BCUT2D eigenvalue weighted by atomic mass is 10.0. The Morgan fingerprint density at radius 3 is 2.40 bits per heavy atom. The van der Waals surface area contributed by atoms with Gasteiger partial charge in [-0.1, -0.05) is 32.6 Å². The molecule has 0 aliphatic carbocycles. The van der Waals surface area contributed by atoms with E-state index in [0.717, 1.165) is 5.75 Å². The van der Waals surface area contributed by atoms with Crippen LogP contribution in [0.3, 0.4) is 0 Å². The van der Waals surface area contributed by atoms with Crippen LogP contribution in [0.15, 0.2) is 37.1 Å². The number of rotatable bonds is 6. The van der Waals surface area contributed by atoms with Gasteiger partial charge in [-0.15, -0.1) is 0 Å². The van der Waals surface area contributed by atoms with E-state index in [-0.39, 0.29) is 0 Å². The first-order valence-corrected chi connectivity index (χ1v) is 5.19. The molecule has 15 heavy (non-hydrogen) atoms. The lowest BCUT2D eigenvalue weighted by Gasteiger charge is -2.08. The Morgan fingerprint density at radius 1 is 1.20 bits per heavy atom. The Kier molecular flexibility index (Phi) is 4.75. The van der Waals surface area contributed by atoms with Gasteiger partial charge in [-0.2, -0.15) is 0 Å². The van der Waals surface area contributed by atoms with E-state index in [2.05, 4.69) is 32.6 Å². The average Bonchev–Trinajstić information content (AvgIpc) is 2.25. The fraction of sp³-hybridized carbons (Fsp3) is 0.385. The molecule has 0 unspecified atom stereocenters. The minimum absolute atomic E-state index is 0.537. The van der Waals surface area contributed by atoms with E-state index in [4.69, 9.17) is 9.47 Å². The summed E-state index contributed by atoms with van der Waals surface area (Å²) in [6, 6.07) is 8.16. The highest BCUT2D eigenvalue weighted by atomic mass is 16.5. The first-order valence-electron chi connectivity index (χ1n) is 5.19. The molecular weight excluding hydrogens is 188 g/mol. The van der Waals surface area contributed by atoms with Crippen LogP contribution in [0.25, 0.3) is 0 Å². The zero-order chi connectivity index (χ0) is 11.1. The summed E-state index contributed by atoms with van der Waals surface area (Å²) in [7, 11) is 0. The van der Waals surface area contributed by atoms with Crippen LogP contribution in [0.5, 0.6) is 5.75 Å². The highest BCUT2D eigenvalue weighted by molar-refractivity contribution is 5.28. The standard InChI is InChI=1S/C13H18O2/c1-4-14-9-10-15-13-7-5-12(6-8-13)11(2)3/h4-8,11H,1,9-10H2,2-3H3. The second-order valence-corrected chi connectivity index (χ2v) is 3.61. The summed E-state index contributed by atoms with van der Waals surface area (Å²) in [4.78, 5) is 0. The van der Waals surface area contributed by atoms with Crippen LogP contribution < -0.4 is 4.74 Å². The van der Waals surface area contributed by atoms with Crippen molar-refractivity contribution < 1.29 is 9.47 Å². The van der Waals surface area contributed by atoms with E-state index in [1.54, 1.807) is 0 Å². The highest BCUT2D eigenvalue weighted by Crippen LogP contribution is 2.18. The second kappa shape index (κ2) is 6.12. The minimum Gasteiger partial charge on any atom is -0.498 e. The summed E-state index contributed by atoms with van der Waals surface area (Å²) < 4.78 is 10.4. The van der Waals surface area contributed by atoms with Crippen LogP contribution in [0.4, 0.5) is 0 Å². The van der Waals surface area contributed by atoms with E-state index < -0.39 is 0 Å². The minimum atomic E-state index is 0.537. The van der Waals surface area contributed by atoms with E-state index in [9.17, 15) is 0 Å². The van der Waals surface area contributed by atoms with Crippen LogP contribution in [0.1, 0.15) is 25.3 Å². The Labute approximate surface area is 91.5 Å². The van der Waals surface area contributed by atoms with Crippen molar-refractivity contribution in [3.8, 4) is 5.75 Å². The van der Waals surface area contributed by atoms with E-state index >= 15 is 0 Å². The third kappa shape index (κ3) is 4.07. The maximum absolute atomic E-state index is 5.47. The number of hydrogen-bond donors (Lipinski definition) is 0. The molecule has 1 aromatic rings. The summed E-state index contributed by atoms with van der Waals surface area (Å²) in [6.45, 7) is 8.89. The molecule has 2 heteroatoms. The molecule has 0 saturated heterocycles. The van der Waals surface area contributed by atoms with Gasteiger partial charge in [-0.05, 0) is 23.6 Å². The van der Waals surface area contributed by atoms with Gasteiger partial charge in [0.25, 0.3) is 0 Å². The number of benzene rings is 1. The largest absolute Gasteiger partial charge is 0.498 e. The maximum Gasteiger partial charge on any atom is 0.122 e. The zero-order valence-corrected chi connectivity index (χ0v) is 9.40. The van der Waals surface area contributed by atoms with Crippen molar-refractivity contribution >= 4 is 0 Å². The van der Waals surface area contributed by atoms with Gasteiger partial charge in [0.05, 0.1) is 6.26 Å². The predicted molar refractivity (Wildman–Crippen MR) is 62.2 cm³/mol. The maximum atomic E-state index is 5.47. The molecule has 0 fully saturated rings. The van der Waals surface area contributed by atoms with Gasteiger partial charge in [0.15, 0.2) is 0 Å². The van der Waals surface area contributed by atoms with Gasteiger partial charge in [-0.3, -0.25) is 0 Å². The molecule has 0 aliphatic heterocycles. The van der Waals surface area contributed by atoms with Crippen molar-refractivity contribution in [1.29, 1.82) is 0 Å². The lowest BCUT2D eigenvalue weighted by Crippen LogP contribution is -2.03. The molecule has 0 saturated carbocycles. The normalized spacial score (nSPS) is 10.1. The van der Waals surface area contributed by atoms with Gasteiger partial charge in [-0.25, -0.2) is 0 Å². The Hall–Kier alpha value is -1.44. The van der Waals surface area contributed by atoms with E-state index in [0.29, 0.717) is 19.1 Å². The van der Waals surface area contributed by atoms with Crippen molar-refractivity contribution in [2.24, 2.45) is 0 Å². The topological polar surface area (TPSA) is 18.5 Å². The zero-order valence-electron chi connectivity index (χ0n) is 9.40. The molecule has 0 radical (unpaired) electrons. The summed E-state index contributed by atoms with van der Waals surface area (Å²) in [5.74, 6) is 1.44. The smallest absolute Gasteiger partial charge is 0.122 e. The Balaban J connectivity index is 2.39. The third-order valence-corrected chi connectivity index (χ3v) is 2.13. The summed E-state index contributed by atoms with van der Waals surface area (Å²) >= 11 is 0. The van der Waals surface area contributed by atoms with E-state index in [1.807, 2.05) is 12.1 Å². The Bertz CT molecular complexity index is 288. The van der Waals surface area contributed by atoms with Crippen molar-refractivity contribution in [3.05, 3.63) is 42.7 Å². The van der Waals surface area contributed by atoms with E-state index in [1.165, 1.54) is 11.8 Å². The molecule has 0 heterocycles. The summed E-state index contributed by atoms with van der Waals surface area (Å²) in [6.07, 6.45) is 1.42. The third-order valence-electron chi connectivity index (χ3n) is 2.13. The number of hydrogen-bond acceptors (Lipinski definition) is 2. The summed E-state index contributed by atoms with van der Waals surface area (Å²) in [5.41, 5.74) is 1.32. The fourth-order valence-corrected chi connectivity index (χ4v) is 1.24. The quantitative estimate of drug-likeness (QED) is 0.525. The first-order chi connectivity index (χ1) is 7.24. The van der Waals surface area contributed by atoms with Gasteiger partial charge >= 0.3 is 0 Å². The van der Waals surface area contributed by atoms with Crippen molar-refractivity contribution in [2.75, 3.05) is 13.2 Å². The van der Waals surface area contributed by atoms with Crippen LogP contribution in [0.2, 0.25) is 0 Å². The highest BCUT2D eigenvalue weighted by Gasteiger charge is 1.98. The molecular formula is C13H18O2. The predicted octanol–water partition coefficient (Wildman–Crippen LogP) is 3.35. The average molecular weight is 206 g/mol. The first kappa shape index (κ1) is 11.6. The monoisotopic (exact) mass is 206 g/mol. The van der Waals surface area contributed by atoms with Crippen molar-refractivity contribution in [3.63, 3.8) is 0 Å². The van der Waals surface area contributed by atoms with Crippen LogP contribution in [-0.2, 0) is 4.74 Å². The second-order valence-electron chi connectivity index (χ2n) is 3.61. The van der Waals surface area contributed by atoms with Gasteiger partial charge in [0.1, 0.15) is 19.0 Å². The number of ether oxygens (including phenoxy) is 2. The molecule has 0 aromatic heterocycles. The fourth-order valence-electron chi connectivity index (χ4n) is 1.24. The molecule has 1 rings (SSSR count). The molecule has 1 aromatic carbocycles. The molecule has 0 aliphatic rings. The molecule has 0 bridgehead atoms. The summed E-state index contributed by atoms with van der Waals surface area (Å²) in [5, 5.41) is 0. The molecule has 0 spiro atoms. The van der Waals surface area contributed by atoms with Crippen LogP contribution in [-0.4, -0.2) is 13.2 Å². The SMILES string of the molecule is C=COCCOc1ccc(C(C)C)cc1. The van der Waals surface area contributed by atoms with Crippen molar-refractivity contribution in [2.45, 2.75) is 19.8 Å². The van der Waals surface area contributed by atoms with Gasteiger partial charge < -0.3 is 9.47 Å². The molecule has 2 nitrogen and oxygen atoms in total. The Morgan fingerprint density at radius 2 is 1.87 bits per heavy atom. The van der Waals surface area contributed by atoms with Gasteiger partial charge in [0, 0.05) is 0 Å². The molecule has 0 amide bonds.